The Labute approximate surface area is 258 Å². The Morgan fingerprint density at radius 3 is 2.58 bits per heavy atom. The normalized spacial score (nSPS) is 14.9. The van der Waals surface area contributed by atoms with Gasteiger partial charge in [0.25, 0.3) is 0 Å². The minimum absolute atomic E-state index is 0.0140. The second-order valence-corrected chi connectivity index (χ2v) is 11.7. The van der Waals surface area contributed by atoms with E-state index in [4.69, 9.17) is 27.1 Å². The molecule has 226 valence electrons. The highest BCUT2D eigenvalue weighted by atomic mass is 35.5. The first kappa shape index (κ1) is 30.8. The molecule has 3 N–H and O–H groups in total. The number of hydrogen-bond acceptors (Lipinski definition) is 4. The van der Waals surface area contributed by atoms with Crippen LogP contribution in [0.25, 0.3) is 5.69 Å². The number of aryl methyl sites for hydroxylation is 2. The monoisotopic (exact) mass is 627 g/mol. The minimum Gasteiger partial charge on any atom is -0.495 e. The third kappa shape index (κ3) is 6.96. The van der Waals surface area contributed by atoms with Crippen LogP contribution >= 0.6 is 23.4 Å². The number of nitrogens with two attached hydrogens (primary N) is 1. The zero-order valence-corrected chi connectivity index (χ0v) is 25.5. The average Bonchev–Trinajstić information content (AvgIpc) is 3.38. The Morgan fingerprint density at radius 2 is 1.88 bits per heavy atom. The van der Waals surface area contributed by atoms with Crippen LogP contribution in [0.4, 0.5) is 13.2 Å². The molecular weight excluding hydrogens is 595 g/mol. The van der Waals surface area contributed by atoms with Crippen molar-refractivity contribution < 1.29 is 17.9 Å². The van der Waals surface area contributed by atoms with Crippen LogP contribution in [-0.4, -0.2) is 36.2 Å². The lowest BCUT2D eigenvalue weighted by atomic mass is 9.84. The van der Waals surface area contributed by atoms with Gasteiger partial charge in [0.05, 0.1) is 23.5 Å². The van der Waals surface area contributed by atoms with Gasteiger partial charge in [-0.15, -0.1) is 0 Å². The molecule has 0 bridgehead atoms. The van der Waals surface area contributed by atoms with E-state index in [1.165, 1.54) is 36.0 Å². The maximum atomic E-state index is 15.2. The number of nitrogens with zero attached hydrogens (tertiary/aromatic N) is 3. The predicted octanol–water partition coefficient (Wildman–Crippen LogP) is 7.18. The molecule has 1 heterocycles. The highest BCUT2D eigenvalue weighted by Crippen LogP contribution is 2.42. The fraction of sp³-hybridized carbons (Fsp3) is 0.312. The van der Waals surface area contributed by atoms with Crippen molar-refractivity contribution >= 4 is 29.3 Å². The fourth-order valence-electron chi connectivity index (χ4n) is 5.42. The summed E-state index contributed by atoms with van der Waals surface area (Å²) in [6.07, 6.45) is 3.69. The van der Waals surface area contributed by atoms with Crippen molar-refractivity contribution in [2.24, 2.45) is 10.7 Å². The molecule has 6 nitrogen and oxygen atoms in total. The fourth-order valence-corrected chi connectivity index (χ4v) is 6.67. The topological polar surface area (TPSA) is 77.5 Å². The molecule has 1 aromatic heterocycles. The smallest absolute Gasteiger partial charge is 0.188 e. The first-order chi connectivity index (χ1) is 20.8. The van der Waals surface area contributed by atoms with E-state index in [1.807, 2.05) is 22.8 Å². The number of nitrogens with one attached hydrogen (secondary N) is 1. The van der Waals surface area contributed by atoms with Gasteiger partial charge in [-0.2, -0.15) is 0 Å². The maximum Gasteiger partial charge on any atom is 0.188 e. The summed E-state index contributed by atoms with van der Waals surface area (Å²) in [6.45, 7) is 0.546. The van der Waals surface area contributed by atoms with E-state index < -0.39 is 11.6 Å². The van der Waals surface area contributed by atoms with Crippen LogP contribution in [0.2, 0.25) is 5.02 Å². The summed E-state index contributed by atoms with van der Waals surface area (Å²) in [7, 11) is 3.16. The quantitative estimate of drug-likeness (QED) is 0.0843. The second-order valence-electron chi connectivity index (χ2n) is 10.3. The number of hydrogen-bond donors (Lipinski definition) is 2. The molecule has 0 fully saturated rings. The molecule has 1 aliphatic rings. The Bertz CT molecular complexity index is 1600. The number of rotatable bonds is 10. The summed E-state index contributed by atoms with van der Waals surface area (Å²) in [4.78, 5) is 8.78. The first-order valence-electron chi connectivity index (χ1n) is 14.1. The van der Waals surface area contributed by atoms with Gasteiger partial charge in [-0.1, -0.05) is 29.4 Å². The molecule has 1 aliphatic carbocycles. The highest BCUT2D eigenvalue weighted by molar-refractivity contribution is 7.98. The van der Waals surface area contributed by atoms with Crippen molar-refractivity contribution in [1.82, 2.24) is 14.9 Å². The number of aliphatic imine (C=N–C) groups is 1. The summed E-state index contributed by atoms with van der Waals surface area (Å²) in [6, 6.07) is 14.7. The first-order valence-corrected chi connectivity index (χ1v) is 15.4. The summed E-state index contributed by atoms with van der Waals surface area (Å²) < 4.78 is 51.8. The number of ether oxygens (including phenoxy) is 1. The molecule has 0 saturated heterocycles. The lowest BCUT2D eigenvalue weighted by Crippen LogP contribution is -2.32. The maximum absolute atomic E-state index is 15.2. The molecule has 43 heavy (non-hydrogen) atoms. The number of methoxy groups -OCH3 is 1. The van der Waals surface area contributed by atoms with Crippen molar-refractivity contribution in [2.75, 3.05) is 20.7 Å². The molecule has 1 unspecified atom stereocenters. The standard InChI is InChI=1S/C32H33ClF3N5OS/c1-38-31(37)39-14-4-5-19-15-26(35)24(27(36)16-19)18-43-32-40-28-7-3-6-23(20-8-13-25(33)29(17-20)42-2)30(28)41(32)22-11-9-21(34)10-12-22/h8-13,15-17,23H,3-7,14,18H2,1-2H3,(H3,37,38,39). The lowest BCUT2D eigenvalue weighted by molar-refractivity contribution is 0.414. The Hall–Kier alpha value is -3.63. The van der Waals surface area contributed by atoms with Gasteiger partial charge >= 0.3 is 0 Å². The summed E-state index contributed by atoms with van der Waals surface area (Å²) in [5.41, 5.74) is 9.82. The second kappa shape index (κ2) is 13.8. The van der Waals surface area contributed by atoms with Crippen molar-refractivity contribution in [3.63, 3.8) is 0 Å². The van der Waals surface area contributed by atoms with Crippen LogP contribution in [0, 0.1) is 17.5 Å². The minimum atomic E-state index is -0.596. The third-order valence-corrected chi connectivity index (χ3v) is 8.87. The van der Waals surface area contributed by atoms with Gasteiger partial charge in [0.2, 0.25) is 0 Å². The summed E-state index contributed by atoms with van der Waals surface area (Å²) >= 11 is 7.57. The van der Waals surface area contributed by atoms with E-state index in [1.54, 1.807) is 26.3 Å². The molecule has 3 aromatic carbocycles. The van der Waals surface area contributed by atoms with E-state index >= 15 is 8.78 Å². The lowest BCUT2D eigenvalue weighted by Gasteiger charge is -2.26. The van der Waals surface area contributed by atoms with Gasteiger partial charge in [0.15, 0.2) is 11.1 Å². The molecule has 0 saturated carbocycles. The summed E-state index contributed by atoms with van der Waals surface area (Å²) in [5.74, 6) is -0.625. The summed E-state index contributed by atoms with van der Waals surface area (Å²) in [5, 5.41) is 4.05. The molecule has 5 rings (SSSR count). The van der Waals surface area contributed by atoms with Crippen LogP contribution < -0.4 is 15.8 Å². The molecule has 0 amide bonds. The van der Waals surface area contributed by atoms with Crippen molar-refractivity contribution in [2.45, 2.75) is 48.9 Å². The number of halogens is 4. The largest absolute Gasteiger partial charge is 0.495 e. The van der Waals surface area contributed by atoms with Gasteiger partial charge in [0.1, 0.15) is 23.2 Å². The SMILES string of the molecule is CN=C(N)NCCCc1cc(F)c(CSc2nc3c(n2-c2ccc(F)cc2)C(c2ccc(Cl)c(OC)c2)CCC3)c(F)c1. The molecule has 0 radical (unpaired) electrons. The van der Waals surface area contributed by atoms with Crippen molar-refractivity contribution in [1.29, 1.82) is 0 Å². The third-order valence-electron chi connectivity index (χ3n) is 7.59. The van der Waals surface area contributed by atoms with E-state index in [0.717, 1.165) is 41.9 Å². The van der Waals surface area contributed by atoms with Gasteiger partial charge in [-0.25, -0.2) is 18.2 Å². The van der Waals surface area contributed by atoms with Crippen LogP contribution in [-0.2, 0) is 18.6 Å². The van der Waals surface area contributed by atoms with Gasteiger partial charge in [-0.3, -0.25) is 9.56 Å². The van der Waals surface area contributed by atoms with Crippen LogP contribution in [0.15, 0.2) is 64.7 Å². The van der Waals surface area contributed by atoms with E-state index in [2.05, 4.69) is 10.3 Å². The molecule has 1 atom stereocenters. The predicted molar refractivity (Wildman–Crippen MR) is 166 cm³/mol. The zero-order chi connectivity index (χ0) is 30.5. The number of thioether (sulfide) groups is 1. The van der Waals surface area contributed by atoms with Gasteiger partial charge < -0.3 is 15.8 Å². The Morgan fingerprint density at radius 1 is 1.14 bits per heavy atom. The van der Waals surface area contributed by atoms with E-state index in [-0.39, 0.29) is 23.1 Å². The van der Waals surface area contributed by atoms with Crippen LogP contribution in [0.3, 0.4) is 0 Å². The van der Waals surface area contributed by atoms with E-state index in [0.29, 0.717) is 46.8 Å². The molecule has 0 spiro atoms. The van der Waals surface area contributed by atoms with E-state index in [9.17, 15) is 4.39 Å². The molecular formula is C32H33ClF3N5OS. The zero-order valence-electron chi connectivity index (χ0n) is 24.0. The number of guanidine groups is 1. The molecule has 0 aliphatic heterocycles. The Balaban J connectivity index is 1.45. The average molecular weight is 628 g/mol. The van der Waals surface area contributed by atoms with Crippen molar-refractivity contribution in [3.05, 3.63) is 105 Å². The number of imidazole rings is 1. The Kier molecular flexibility index (Phi) is 9.87. The number of fused-ring (bicyclic) bond motifs is 1. The number of benzene rings is 3. The van der Waals surface area contributed by atoms with Crippen molar-refractivity contribution in [3.8, 4) is 11.4 Å². The molecule has 4 aromatic rings. The molecule has 11 heteroatoms. The number of aromatic nitrogens is 2. The highest BCUT2D eigenvalue weighted by Gasteiger charge is 2.31. The van der Waals surface area contributed by atoms with Gasteiger partial charge in [-0.05, 0) is 91.8 Å². The van der Waals surface area contributed by atoms with Crippen LogP contribution in [0.5, 0.6) is 5.75 Å². The van der Waals surface area contributed by atoms with Crippen LogP contribution in [0.1, 0.15) is 53.3 Å². The van der Waals surface area contributed by atoms with Gasteiger partial charge in [0, 0.05) is 36.5 Å².